The molecule has 0 unspecified atom stereocenters. The highest BCUT2D eigenvalue weighted by Gasteiger charge is 2.20. The van der Waals surface area contributed by atoms with Crippen LogP contribution in [0.15, 0.2) is 0 Å². The summed E-state index contributed by atoms with van der Waals surface area (Å²) in [5.74, 6) is 2.96. The SMILES string of the molecule is C[C@H]1CC[C@@H](C)[C@@H](C)C1. The van der Waals surface area contributed by atoms with E-state index >= 15 is 0 Å². The molecule has 0 nitrogen and oxygen atoms in total. The Bertz CT molecular complexity index is 86.0. The molecule has 1 rings (SSSR count). The highest BCUT2D eigenvalue weighted by atomic mass is 14.3. The predicted octanol–water partition coefficient (Wildman–Crippen LogP) is 3.08. The molecule has 1 fully saturated rings. The molecule has 0 aromatic carbocycles. The Morgan fingerprint density at radius 2 is 1.56 bits per heavy atom. The summed E-state index contributed by atoms with van der Waals surface area (Å²) < 4.78 is 0. The van der Waals surface area contributed by atoms with Crippen LogP contribution in [0, 0.1) is 17.8 Å². The summed E-state index contributed by atoms with van der Waals surface area (Å²) in [5.41, 5.74) is 0. The third-order valence-corrected chi connectivity index (χ3v) is 2.86. The zero-order chi connectivity index (χ0) is 6.85. The van der Waals surface area contributed by atoms with Crippen LogP contribution in [0.4, 0.5) is 0 Å². The Kier molecular flexibility index (Phi) is 2.15. The first kappa shape index (κ1) is 7.11. The molecule has 0 bridgehead atoms. The van der Waals surface area contributed by atoms with Crippen molar-refractivity contribution in [3.63, 3.8) is 0 Å². The van der Waals surface area contributed by atoms with Crippen molar-refractivity contribution in [1.82, 2.24) is 0 Å². The lowest BCUT2D eigenvalue weighted by Gasteiger charge is -2.29. The van der Waals surface area contributed by atoms with Gasteiger partial charge in [0.1, 0.15) is 0 Å². The highest BCUT2D eigenvalue weighted by molar-refractivity contribution is 4.72. The van der Waals surface area contributed by atoms with Crippen molar-refractivity contribution in [2.45, 2.75) is 40.0 Å². The fourth-order valence-corrected chi connectivity index (χ4v) is 1.82. The quantitative estimate of drug-likeness (QED) is 0.468. The van der Waals surface area contributed by atoms with Gasteiger partial charge in [-0.25, -0.2) is 0 Å². The molecular weight excluding hydrogens is 108 g/mol. The maximum Gasteiger partial charge on any atom is -0.0414 e. The molecule has 3 atom stereocenters. The van der Waals surface area contributed by atoms with Gasteiger partial charge in [-0.05, 0) is 24.2 Å². The number of rotatable bonds is 0. The van der Waals surface area contributed by atoms with Gasteiger partial charge in [0.05, 0.1) is 0 Å². The molecule has 0 aliphatic heterocycles. The molecule has 1 saturated carbocycles. The van der Waals surface area contributed by atoms with E-state index in [0.717, 1.165) is 17.8 Å². The maximum atomic E-state index is 2.39. The minimum Gasteiger partial charge on any atom is -0.0625 e. The maximum absolute atomic E-state index is 2.39. The van der Waals surface area contributed by atoms with Gasteiger partial charge in [-0.1, -0.05) is 33.6 Å². The van der Waals surface area contributed by atoms with Crippen LogP contribution in [0.25, 0.3) is 0 Å². The molecule has 0 amide bonds. The fraction of sp³-hybridized carbons (Fsp3) is 1.00. The van der Waals surface area contributed by atoms with Gasteiger partial charge in [-0.3, -0.25) is 0 Å². The van der Waals surface area contributed by atoms with E-state index in [1.54, 1.807) is 0 Å². The van der Waals surface area contributed by atoms with Gasteiger partial charge < -0.3 is 0 Å². The van der Waals surface area contributed by atoms with Gasteiger partial charge in [0.25, 0.3) is 0 Å². The summed E-state index contributed by atoms with van der Waals surface area (Å²) in [6, 6.07) is 0. The van der Waals surface area contributed by atoms with Crippen molar-refractivity contribution in [3.8, 4) is 0 Å². The van der Waals surface area contributed by atoms with E-state index in [4.69, 9.17) is 0 Å². The van der Waals surface area contributed by atoms with Crippen molar-refractivity contribution in [2.75, 3.05) is 0 Å². The summed E-state index contributed by atoms with van der Waals surface area (Å²) >= 11 is 0. The fourth-order valence-electron chi connectivity index (χ4n) is 1.82. The molecule has 0 radical (unpaired) electrons. The third kappa shape index (κ3) is 1.70. The van der Waals surface area contributed by atoms with Crippen molar-refractivity contribution in [1.29, 1.82) is 0 Å². The lowest BCUT2D eigenvalue weighted by molar-refractivity contribution is 0.220. The topological polar surface area (TPSA) is 0 Å². The van der Waals surface area contributed by atoms with Gasteiger partial charge in [0, 0.05) is 0 Å². The molecule has 0 aromatic heterocycles. The van der Waals surface area contributed by atoms with Crippen LogP contribution in [0.1, 0.15) is 40.0 Å². The van der Waals surface area contributed by atoms with Crippen LogP contribution in [0.3, 0.4) is 0 Å². The van der Waals surface area contributed by atoms with Crippen LogP contribution in [-0.2, 0) is 0 Å². The van der Waals surface area contributed by atoms with Crippen LogP contribution < -0.4 is 0 Å². The van der Waals surface area contributed by atoms with E-state index in [1.165, 1.54) is 19.3 Å². The Morgan fingerprint density at radius 3 is 2.00 bits per heavy atom. The molecule has 0 aromatic rings. The van der Waals surface area contributed by atoms with Crippen molar-refractivity contribution >= 4 is 0 Å². The third-order valence-electron chi connectivity index (χ3n) is 2.86. The monoisotopic (exact) mass is 126 g/mol. The Labute approximate surface area is 58.7 Å². The molecular formula is C9H18. The lowest BCUT2D eigenvalue weighted by Crippen LogP contribution is -2.18. The van der Waals surface area contributed by atoms with E-state index in [9.17, 15) is 0 Å². The van der Waals surface area contributed by atoms with E-state index < -0.39 is 0 Å². The van der Waals surface area contributed by atoms with Gasteiger partial charge in [-0.2, -0.15) is 0 Å². The molecule has 9 heavy (non-hydrogen) atoms. The van der Waals surface area contributed by atoms with Gasteiger partial charge in [0.2, 0.25) is 0 Å². The summed E-state index contributed by atoms with van der Waals surface area (Å²) in [4.78, 5) is 0. The van der Waals surface area contributed by atoms with E-state index in [2.05, 4.69) is 20.8 Å². The van der Waals surface area contributed by atoms with Crippen LogP contribution in [-0.4, -0.2) is 0 Å². The standard InChI is InChI=1S/C9H18/c1-7-4-5-8(2)9(3)6-7/h7-9H,4-6H2,1-3H3/t7-,8+,9-/m0/s1. The molecule has 0 N–H and O–H groups in total. The molecule has 0 heteroatoms. The predicted molar refractivity (Wildman–Crippen MR) is 41.3 cm³/mol. The zero-order valence-corrected chi connectivity index (χ0v) is 6.85. The number of hydrogen-bond donors (Lipinski definition) is 0. The van der Waals surface area contributed by atoms with Crippen LogP contribution in [0.5, 0.6) is 0 Å². The smallest absolute Gasteiger partial charge is 0.0414 e. The second-order valence-electron chi connectivity index (χ2n) is 3.87. The average Bonchev–Trinajstić information content (AvgIpc) is 1.80. The zero-order valence-electron chi connectivity index (χ0n) is 6.85. The van der Waals surface area contributed by atoms with E-state index in [-0.39, 0.29) is 0 Å². The number of hydrogen-bond acceptors (Lipinski definition) is 0. The summed E-state index contributed by atoms with van der Waals surface area (Å²) in [5, 5.41) is 0. The van der Waals surface area contributed by atoms with Gasteiger partial charge >= 0.3 is 0 Å². The largest absolute Gasteiger partial charge is 0.0625 e. The molecule has 1 aliphatic rings. The van der Waals surface area contributed by atoms with Crippen molar-refractivity contribution in [3.05, 3.63) is 0 Å². The van der Waals surface area contributed by atoms with Crippen LogP contribution in [0.2, 0.25) is 0 Å². The van der Waals surface area contributed by atoms with Crippen molar-refractivity contribution < 1.29 is 0 Å². The molecule has 0 heterocycles. The Hall–Kier alpha value is 0. The highest BCUT2D eigenvalue weighted by Crippen LogP contribution is 2.32. The van der Waals surface area contributed by atoms with Gasteiger partial charge in [0.15, 0.2) is 0 Å². The second kappa shape index (κ2) is 2.72. The molecule has 0 spiro atoms. The van der Waals surface area contributed by atoms with Crippen LogP contribution >= 0.6 is 0 Å². The summed E-state index contributed by atoms with van der Waals surface area (Å²) in [6.45, 7) is 7.15. The lowest BCUT2D eigenvalue weighted by atomic mass is 9.77. The first-order chi connectivity index (χ1) is 4.20. The first-order valence-corrected chi connectivity index (χ1v) is 4.20. The molecule has 1 aliphatic carbocycles. The Morgan fingerprint density at radius 1 is 0.889 bits per heavy atom. The normalized spacial score (nSPS) is 45.0. The minimum atomic E-state index is 0.980. The minimum absolute atomic E-state index is 0.980. The average molecular weight is 126 g/mol. The van der Waals surface area contributed by atoms with Crippen molar-refractivity contribution in [2.24, 2.45) is 17.8 Å². The molecule has 54 valence electrons. The first-order valence-electron chi connectivity index (χ1n) is 4.20. The Balaban J connectivity index is 2.35. The summed E-state index contributed by atoms with van der Waals surface area (Å²) in [7, 11) is 0. The van der Waals surface area contributed by atoms with E-state index in [0.29, 0.717) is 0 Å². The second-order valence-corrected chi connectivity index (χ2v) is 3.87. The molecule has 0 saturated heterocycles. The van der Waals surface area contributed by atoms with Gasteiger partial charge in [-0.15, -0.1) is 0 Å². The summed E-state index contributed by atoms with van der Waals surface area (Å²) in [6.07, 6.45) is 4.38. The van der Waals surface area contributed by atoms with E-state index in [1.807, 2.05) is 0 Å².